The van der Waals surface area contributed by atoms with E-state index in [1.54, 1.807) is 17.5 Å². The Morgan fingerprint density at radius 3 is 3.20 bits per heavy atom. The highest BCUT2D eigenvalue weighted by Crippen LogP contribution is 2.33. The van der Waals surface area contributed by atoms with Gasteiger partial charge in [-0.15, -0.1) is 11.3 Å². The number of nitrogens with one attached hydrogen (secondary N) is 1. The predicted molar refractivity (Wildman–Crippen MR) is 62.2 cm³/mol. The van der Waals surface area contributed by atoms with Crippen molar-refractivity contribution in [2.75, 3.05) is 11.9 Å². The van der Waals surface area contributed by atoms with Gasteiger partial charge in [-0.2, -0.15) is 0 Å². The van der Waals surface area contributed by atoms with Crippen molar-refractivity contribution in [1.82, 2.24) is 9.97 Å². The average Bonchev–Trinajstić information content (AvgIpc) is 2.74. The molecule has 2 aromatic rings. The van der Waals surface area contributed by atoms with Gasteiger partial charge < -0.3 is 5.32 Å². The highest BCUT2D eigenvalue weighted by atomic mass is 32.1. The van der Waals surface area contributed by atoms with Gasteiger partial charge in [0.1, 0.15) is 10.8 Å². The maximum absolute atomic E-state index is 4.59. The fraction of sp³-hybridized carbons (Fsp3) is 0.273. The summed E-state index contributed by atoms with van der Waals surface area (Å²) in [5, 5.41) is 4.40. The number of nitrogens with zero attached hydrogens (tertiary/aromatic N) is 2. The summed E-state index contributed by atoms with van der Waals surface area (Å²) in [4.78, 5) is 10.1. The van der Waals surface area contributed by atoms with Crippen molar-refractivity contribution in [2.24, 2.45) is 0 Å². The lowest BCUT2D eigenvalue weighted by atomic mass is 10.2. The van der Waals surface area contributed by atoms with Gasteiger partial charge in [0.15, 0.2) is 0 Å². The molecule has 3 heterocycles. The lowest BCUT2D eigenvalue weighted by Crippen LogP contribution is -2.09. The largest absolute Gasteiger partial charge is 0.369 e. The molecule has 1 N–H and O–H groups in total. The Bertz CT molecular complexity index is 440. The highest BCUT2D eigenvalue weighted by molar-refractivity contribution is 7.15. The first-order valence-corrected chi connectivity index (χ1v) is 5.89. The number of rotatable bonds is 1. The van der Waals surface area contributed by atoms with Crippen molar-refractivity contribution in [2.45, 2.75) is 12.8 Å². The zero-order chi connectivity index (χ0) is 10.1. The van der Waals surface area contributed by atoms with Gasteiger partial charge in [-0.05, 0) is 25.0 Å². The Morgan fingerprint density at radius 1 is 1.40 bits per heavy atom. The second kappa shape index (κ2) is 3.62. The van der Waals surface area contributed by atoms with Crippen LogP contribution in [0.4, 0.5) is 5.82 Å². The molecular formula is C11H11N3S. The van der Waals surface area contributed by atoms with Crippen molar-refractivity contribution in [3.8, 4) is 10.6 Å². The van der Waals surface area contributed by atoms with Gasteiger partial charge in [-0.3, -0.25) is 4.98 Å². The second-order valence-corrected chi connectivity index (χ2v) is 4.65. The fourth-order valence-corrected chi connectivity index (χ4v) is 2.80. The number of pyridine rings is 1. The minimum atomic E-state index is 1.04. The quantitative estimate of drug-likeness (QED) is 0.797. The number of hydrogen-bond donors (Lipinski definition) is 1. The molecule has 1 aliphatic heterocycles. The molecule has 0 saturated heterocycles. The molecule has 3 nitrogen and oxygen atoms in total. The number of fused-ring (bicyclic) bond motifs is 1. The van der Waals surface area contributed by atoms with Crippen molar-refractivity contribution < 1.29 is 0 Å². The van der Waals surface area contributed by atoms with Crippen LogP contribution < -0.4 is 5.32 Å². The van der Waals surface area contributed by atoms with E-state index in [1.165, 1.54) is 11.3 Å². The van der Waals surface area contributed by atoms with Crippen molar-refractivity contribution in [3.05, 3.63) is 29.4 Å². The van der Waals surface area contributed by atoms with Gasteiger partial charge >= 0.3 is 0 Å². The van der Waals surface area contributed by atoms with E-state index in [0.717, 1.165) is 29.4 Å². The molecule has 0 bridgehead atoms. The Labute approximate surface area is 92.2 Å². The normalized spacial score (nSPS) is 14.4. The van der Waals surface area contributed by atoms with Crippen molar-refractivity contribution >= 4 is 17.2 Å². The van der Waals surface area contributed by atoms with E-state index in [4.69, 9.17) is 0 Å². The summed E-state index contributed by atoms with van der Waals surface area (Å²) < 4.78 is 0. The first-order chi connectivity index (χ1) is 7.43. The van der Waals surface area contributed by atoms with Crippen LogP contribution in [0.2, 0.25) is 0 Å². The van der Waals surface area contributed by atoms with E-state index >= 15 is 0 Å². The molecule has 2 aromatic heterocycles. The molecule has 0 amide bonds. The third-order valence-electron chi connectivity index (χ3n) is 2.48. The van der Waals surface area contributed by atoms with Gasteiger partial charge in [0.2, 0.25) is 0 Å². The van der Waals surface area contributed by atoms with Gasteiger partial charge in [-0.25, -0.2) is 4.98 Å². The lowest BCUT2D eigenvalue weighted by Gasteiger charge is -2.10. The van der Waals surface area contributed by atoms with Gasteiger partial charge in [-0.1, -0.05) is 0 Å². The topological polar surface area (TPSA) is 37.8 Å². The molecule has 15 heavy (non-hydrogen) atoms. The molecule has 76 valence electrons. The van der Waals surface area contributed by atoms with E-state index in [-0.39, 0.29) is 0 Å². The SMILES string of the molecule is c1cncc(-c2nc3c(s2)CCCN3)c1. The summed E-state index contributed by atoms with van der Waals surface area (Å²) in [5.41, 5.74) is 1.11. The molecule has 4 heteroatoms. The van der Waals surface area contributed by atoms with Crippen LogP contribution in [0.25, 0.3) is 10.6 Å². The molecule has 3 rings (SSSR count). The van der Waals surface area contributed by atoms with Crippen LogP contribution in [0.1, 0.15) is 11.3 Å². The minimum Gasteiger partial charge on any atom is -0.369 e. The molecule has 1 aliphatic rings. The molecular weight excluding hydrogens is 206 g/mol. The van der Waals surface area contributed by atoms with Crippen LogP contribution in [0.15, 0.2) is 24.5 Å². The zero-order valence-electron chi connectivity index (χ0n) is 8.23. The molecule has 0 unspecified atom stereocenters. The number of aryl methyl sites for hydroxylation is 1. The molecule has 0 fully saturated rings. The van der Waals surface area contributed by atoms with Crippen LogP contribution in [-0.4, -0.2) is 16.5 Å². The number of aromatic nitrogens is 2. The molecule has 0 spiro atoms. The number of hydrogen-bond acceptors (Lipinski definition) is 4. The summed E-state index contributed by atoms with van der Waals surface area (Å²) >= 11 is 1.77. The Kier molecular flexibility index (Phi) is 2.14. The average molecular weight is 217 g/mol. The Morgan fingerprint density at radius 2 is 2.40 bits per heavy atom. The van der Waals surface area contributed by atoms with Gasteiger partial charge in [0.25, 0.3) is 0 Å². The van der Waals surface area contributed by atoms with Crippen LogP contribution >= 0.6 is 11.3 Å². The van der Waals surface area contributed by atoms with Gasteiger partial charge in [0.05, 0.1) is 0 Å². The monoisotopic (exact) mass is 217 g/mol. The lowest BCUT2D eigenvalue weighted by molar-refractivity contribution is 0.837. The molecule has 0 saturated carbocycles. The standard InChI is InChI=1S/C11H11N3S/c1-3-8(7-12-5-1)11-14-10-9(15-11)4-2-6-13-10/h1,3,5,7,13H,2,4,6H2. The van der Waals surface area contributed by atoms with Crippen molar-refractivity contribution in [3.63, 3.8) is 0 Å². The first kappa shape index (κ1) is 8.85. The maximum Gasteiger partial charge on any atom is 0.140 e. The number of thiazole rings is 1. The van der Waals surface area contributed by atoms with E-state index in [0.29, 0.717) is 0 Å². The zero-order valence-corrected chi connectivity index (χ0v) is 9.05. The predicted octanol–water partition coefficient (Wildman–Crippen LogP) is 2.56. The van der Waals surface area contributed by atoms with Crippen LogP contribution in [0.3, 0.4) is 0 Å². The van der Waals surface area contributed by atoms with Crippen LogP contribution in [-0.2, 0) is 6.42 Å². The molecule has 0 aromatic carbocycles. The fourth-order valence-electron chi connectivity index (χ4n) is 1.73. The summed E-state index contributed by atoms with van der Waals surface area (Å²) in [7, 11) is 0. The second-order valence-electron chi connectivity index (χ2n) is 3.56. The molecule has 0 atom stereocenters. The minimum absolute atomic E-state index is 1.04. The highest BCUT2D eigenvalue weighted by Gasteiger charge is 2.15. The van der Waals surface area contributed by atoms with E-state index in [9.17, 15) is 0 Å². The maximum atomic E-state index is 4.59. The van der Waals surface area contributed by atoms with E-state index in [2.05, 4.69) is 21.4 Å². The third kappa shape index (κ3) is 1.61. The smallest absolute Gasteiger partial charge is 0.140 e. The van der Waals surface area contributed by atoms with E-state index in [1.807, 2.05) is 12.3 Å². The first-order valence-electron chi connectivity index (χ1n) is 5.07. The Hall–Kier alpha value is -1.42. The van der Waals surface area contributed by atoms with Crippen LogP contribution in [0.5, 0.6) is 0 Å². The molecule has 0 aliphatic carbocycles. The van der Waals surface area contributed by atoms with Crippen molar-refractivity contribution in [1.29, 1.82) is 0 Å². The summed E-state index contributed by atoms with van der Waals surface area (Å²) in [5.74, 6) is 1.07. The Balaban J connectivity index is 2.03. The summed E-state index contributed by atoms with van der Waals surface area (Å²) in [6.07, 6.45) is 6.02. The van der Waals surface area contributed by atoms with Gasteiger partial charge in [0, 0.05) is 29.4 Å². The number of anilines is 1. The third-order valence-corrected chi connectivity index (χ3v) is 3.64. The molecule has 0 radical (unpaired) electrons. The van der Waals surface area contributed by atoms with E-state index < -0.39 is 0 Å². The summed E-state index contributed by atoms with van der Waals surface area (Å²) in [6, 6.07) is 4.00. The summed E-state index contributed by atoms with van der Waals surface area (Å²) in [6.45, 7) is 1.04. The van der Waals surface area contributed by atoms with Crippen LogP contribution in [0, 0.1) is 0 Å².